The maximum atomic E-state index is 12.5. The molecule has 7 heteroatoms. The zero-order valence-electron chi connectivity index (χ0n) is 15.7. The van der Waals surface area contributed by atoms with Crippen LogP contribution in [-0.2, 0) is 9.59 Å². The number of nitrogens with one attached hydrogen (secondary N) is 2. The van der Waals surface area contributed by atoms with E-state index in [0.29, 0.717) is 19.6 Å². The fraction of sp³-hybridized carbons (Fsp3) is 0.600. The maximum Gasteiger partial charge on any atom is 0.226 e. The van der Waals surface area contributed by atoms with E-state index < -0.39 is 0 Å². The first kappa shape index (κ1) is 21.5. The van der Waals surface area contributed by atoms with Crippen molar-refractivity contribution in [2.45, 2.75) is 38.1 Å². The number of hydrogen-bond acceptors (Lipinski definition) is 4. The molecule has 0 saturated carbocycles. The van der Waals surface area contributed by atoms with Crippen LogP contribution in [0.5, 0.6) is 5.75 Å². The molecule has 2 atom stereocenters. The van der Waals surface area contributed by atoms with E-state index in [1.807, 2.05) is 35.2 Å². The number of benzene rings is 1. The molecule has 27 heavy (non-hydrogen) atoms. The van der Waals surface area contributed by atoms with Crippen LogP contribution < -0.4 is 15.4 Å². The summed E-state index contributed by atoms with van der Waals surface area (Å²) in [4.78, 5) is 26.8. The van der Waals surface area contributed by atoms with Crippen LogP contribution >= 0.6 is 12.4 Å². The predicted molar refractivity (Wildman–Crippen MR) is 107 cm³/mol. The molecule has 150 valence electrons. The molecule has 0 radical (unpaired) electrons. The smallest absolute Gasteiger partial charge is 0.226 e. The molecule has 0 aromatic heterocycles. The number of carbonyl (C=O) groups excluding carboxylic acids is 2. The van der Waals surface area contributed by atoms with Gasteiger partial charge in [-0.3, -0.25) is 9.59 Å². The van der Waals surface area contributed by atoms with Gasteiger partial charge in [0.05, 0.1) is 18.9 Å². The van der Waals surface area contributed by atoms with Gasteiger partial charge in [0.1, 0.15) is 5.75 Å². The van der Waals surface area contributed by atoms with Crippen molar-refractivity contribution in [2.24, 2.45) is 5.92 Å². The highest BCUT2D eigenvalue weighted by Gasteiger charge is 2.29. The molecule has 6 nitrogen and oxygen atoms in total. The summed E-state index contributed by atoms with van der Waals surface area (Å²) in [5, 5.41) is 6.46. The summed E-state index contributed by atoms with van der Waals surface area (Å²) in [6.07, 6.45) is 4.21. The summed E-state index contributed by atoms with van der Waals surface area (Å²) in [5.74, 6) is 0.844. The van der Waals surface area contributed by atoms with Gasteiger partial charge in [-0.1, -0.05) is 18.2 Å². The summed E-state index contributed by atoms with van der Waals surface area (Å²) >= 11 is 0. The van der Waals surface area contributed by atoms with Crippen LogP contribution in [0.25, 0.3) is 0 Å². The molecule has 2 amide bonds. The Morgan fingerprint density at radius 1 is 1.19 bits per heavy atom. The Balaban J connectivity index is 0.00000261. The molecule has 1 aromatic rings. The second kappa shape index (κ2) is 11.1. The lowest BCUT2D eigenvalue weighted by atomic mass is 9.96. The topological polar surface area (TPSA) is 70.7 Å². The van der Waals surface area contributed by atoms with Crippen molar-refractivity contribution in [2.75, 3.05) is 32.8 Å². The third kappa shape index (κ3) is 6.70. The molecule has 2 saturated heterocycles. The summed E-state index contributed by atoms with van der Waals surface area (Å²) in [6.45, 7) is 3.50. The van der Waals surface area contributed by atoms with Crippen LogP contribution in [0.15, 0.2) is 30.3 Å². The van der Waals surface area contributed by atoms with E-state index >= 15 is 0 Å². The maximum absolute atomic E-state index is 12.5. The van der Waals surface area contributed by atoms with Crippen molar-refractivity contribution in [3.8, 4) is 5.75 Å². The number of rotatable bonds is 6. The Morgan fingerprint density at radius 2 is 2.00 bits per heavy atom. The Kier molecular flexibility index (Phi) is 8.88. The summed E-state index contributed by atoms with van der Waals surface area (Å²) in [6, 6.07) is 9.74. The van der Waals surface area contributed by atoms with Gasteiger partial charge in [-0.15, -0.1) is 12.4 Å². The van der Waals surface area contributed by atoms with Gasteiger partial charge in [0.25, 0.3) is 0 Å². The fourth-order valence-electron chi connectivity index (χ4n) is 3.64. The lowest BCUT2D eigenvalue weighted by Gasteiger charge is -2.33. The van der Waals surface area contributed by atoms with Crippen LogP contribution in [0.3, 0.4) is 0 Å². The molecule has 2 fully saturated rings. The lowest BCUT2D eigenvalue weighted by Crippen LogP contribution is -2.51. The number of nitrogens with zero attached hydrogens (tertiary/aromatic N) is 1. The summed E-state index contributed by atoms with van der Waals surface area (Å²) in [5.41, 5.74) is 0. The number of hydrogen-bond donors (Lipinski definition) is 2. The Hall–Kier alpha value is -1.79. The van der Waals surface area contributed by atoms with Crippen molar-refractivity contribution < 1.29 is 14.3 Å². The van der Waals surface area contributed by atoms with Gasteiger partial charge >= 0.3 is 0 Å². The van der Waals surface area contributed by atoms with Gasteiger partial charge in [0, 0.05) is 25.7 Å². The second-order valence-corrected chi connectivity index (χ2v) is 7.14. The first-order valence-corrected chi connectivity index (χ1v) is 9.69. The minimum Gasteiger partial charge on any atom is -0.493 e. The molecule has 0 bridgehead atoms. The monoisotopic (exact) mass is 395 g/mol. The average molecular weight is 396 g/mol. The molecule has 2 N–H and O–H groups in total. The first-order valence-electron chi connectivity index (χ1n) is 9.69. The number of halogens is 1. The van der Waals surface area contributed by atoms with Gasteiger partial charge in [-0.05, 0) is 44.4 Å². The molecular weight excluding hydrogens is 366 g/mol. The molecule has 0 aliphatic carbocycles. The molecule has 2 heterocycles. The number of amides is 2. The molecule has 2 unspecified atom stereocenters. The molecule has 3 rings (SSSR count). The van der Waals surface area contributed by atoms with E-state index in [0.717, 1.165) is 51.1 Å². The highest BCUT2D eigenvalue weighted by atomic mass is 35.5. The zero-order valence-corrected chi connectivity index (χ0v) is 16.5. The van der Waals surface area contributed by atoms with Crippen molar-refractivity contribution in [3.63, 3.8) is 0 Å². The van der Waals surface area contributed by atoms with Crippen molar-refractivity contribution in [3.05, 3.63) is 30.3 Å². The largest absolute Gasteiger partial charge is 0.493 e. The van der Waals surface area contributed by atoms with Crippen LogP contribution in [0.4, 0.5) is 0 Å². The van der Waals surface area contributed by atoms with Crippen molar-refractivity contribution in [1.82, 2.24) is 15.5 Å². The number of likely N-dealkylation sites (tertiary alicyclic amines) is 1. The predicted octanol–water partition coefficient (Wildman–Crippen LogP) is 1.98. The average Bonchev–Trinajstić information content (AvgIpc) is 2.69. The van der Waals surface area contributed by atoms with E-state index in [1.54, 1.807) is 0 Å². The molecule has 2 aliphatic rings. The summed E-state index contributed by atoms with van der Waals surface area (Å²) in [7, 11) is 0. The van der Waals surface area contributed by atoms with Crippen molar-refractivity contribution in [1.29, 1.82) is 0 Å². The minimum absolute atomic E-state index is 0. The number of piperidine rings is 2. The number of ether oxygens (including phenoxy) is 1. The second-order valence-electron chi connectivity index (χ2n) is 7.14. The van der Waals surface area contributed by atoms with E-state index in [-0.39, 0.29) is 36.2 Å². The number of para-hydroxylation sites is 1. The number of carbonyl (C=O) groups is 2. The Morgan fingerprint density at radius 3 is 2.74 bits per heavy atom. The van der Waals surface area contributed by atoms with Crippen molar-refractivity contribution >= 4 is 24.2 Å². The summed E-state index contributed by atoms with van der Waals surface area (Å²) < 4.78 is 5.61. The van der Waals surface area contributed by atoms with Gasteiger partial charge in [0.15, 0.2) is 0 Å². The molecule has 0 spiro atoms. The van der Waals surface area contributed by atoms with E-state index in [4.69, 9.17) is 4.74 Å². The van der Waals surface area contributed by atoms with Crippen LogP contribution in [0.2, 0.25) is 0 Å². The SMILES string of the molecule is Cl.O=C(NC1CCCNC1)C1CCCN(C(=O)CCOc2ccccc2)C1. The molecule has 2 aliphatic heterocycles. The van der Waals surface area contributed by atoms with E-state index in [2.05, 4.69) is 10.6 Å². The standard InChI is InChI=1S/C20H29N3O3.ClH/c24-19(10-13-26-18-8-2-1-3-9-18)23-12-5-6-16(15-23)20(25)22-17-7-4-11-21-14-17;/h1-3,8-9,16-17,21H,4-7,10-15H2,(H,22,25);1H. The van der Waals surface area contributed by atoms with Crippen LogP contribution in [0.1, 0.15) is 32.1 Å². The third-order valence-electron chi connectivity index (χ3n) is 5.12. The Bertz CT molecular complexity index is 593. The van der Waals surface area contributed by atoms with Crippen LogP contribution in [0, 0.1) is 5.92 Å². The normalized spacial score (nSPS) is 22.4. The van der Waals surface area contributed by atoms with Crippen LogP contribution in [-0.4, -0.2) is 55.5 Å². The van der Waals surface area contributed by atoms with E-state index in [1.165, 1.54) is 0 Å². The molecular formula is C20H30ClN3O3. The zero-order chi connectivity index (χ0) is 18.2. The third-order valence-corrected chi connectivity index (χ3v) is 5.12. The highest BCUT2D eigenvalue weighted by molar-refractivity contribution is 5.85. The Labute approximate surface area is 167 Å². The fourth-order valence-corrected chi connectivity index (χ4v) is 3.64. The van der Waals surface area contributed by atoms with E-state index in [9.17, 15) is 9.59 Å². The van der Waals surface area contributed by atoms with Gasteiger partial charge in [-0.2, -0.15) is 0 Å². The first-order chi connectivity index (χ1) is 12.7. The van der Waals surface area contributed by atoms with Gasteiger partial charge < -0.3 is 20.3 Å². The molecule has 1 aromatic carbocycles. The quantitative estimate of drug-likeness (QED) is 0.772. The lowest BCUT2D eigenvalue weighted by molar-refractivity contribution is -0.136. The highest BCUT2D eigenvalue weighted by Crippen LogP contribution is 2.18. The minimum atomic E-state index is -0.0929. The van der Waals surface area contributed by atoms with Gasteiger partial charge in [-0.25, -0.2) is 0 Å². The van der Waals surface area contributed by atoms with Gasteiger partial charge in [0.2, 0.25) is 11.8 Å².